The third-order valence-electron chi connectivity index (χ3n) is 9.17. The molecule has 0 bridgehead atoms. The minimum absolute atomic E-state index is 0.618. The summed E-state index contributed by atoms with van der Waals surface area (Å²) in [6.07, 6.45) is 3.77. The lowest BCUT2D eigenvalue weighted by molar-refractivity contribution is 0.982. The summed E-state index contributed by atoms with van der Waals surface area (Å²) in [7, 11) is 0. The summed E-state index contributed by atoms with van der Waals surface area (Å²) in [5.74, 6) is 1.42. The van der Waals surface area contributed by atoms with Crippen LogP contribution >= 0.6 is 0 Å². The van der Waals surface area contributed by atoms with Crippen LogP contribution in [-0.4, -0.2) is 28.7 Å². The van der Waals surface area contributed by atoms with Gasteiger partial charge < -0.3 is 4.57 Å². The molecule has 0 N–H and O–H groups in total. The fraction of sp³-hybridized carbons (Fsp3) is 0. The fourth-order valence-corrected chi connectivity index (χ4v) is 7.13. The number of rotatable bonds is 4. The first-order valence-corrected chi connectivity index (χ1v) is 15.7. The Hall–Kier alpha value is -6.53. The van der Waals surface area contributed by atoms with Crippen molar-refractivity contribution in [3.05, 3.63) is 158 Å². The molecule has 4 heterocycles. The first-order chi connectivity index (χ1) is 23.3. The largest absolute Gasteiger partial charge is 0.309 e. The highest BCUT2D eigenvalue weighted by Crippen LogP contribution is 2.36. The molecule has 6 nitrogen and oxygen atoms in total. The van der Waals surface area contributed by atoms with Crippen LogP contribution in [0.4, 0.5) is 0 Å². The Morgan fingerprint density at radius 1 is 0.383 bits per heavy atom. The van der Waals surface area contributed by atoms with Crippen LogP contribution < -0.4 is 0 Å². The molecule has 0 radical (unpaired) electrons. The van der Waals surface area contributed by atoms with E-state index < -0.39 is 0 Å². The van der Waals surface area contributed by atoms with Crippen LogP contribution in [0.3, 0.4) is 0 Å². The molecule has 0 saturated heterocycles. The van der Waals surface area contributed by atoms with Gasteiger partial charge in [-0.05, 0) is 60.7 Å². The van der Waals surface area contributed by atoms with Crippen molar-refractivity contribution in [1.29, 1.82) is 0 Å². The van der Waals surface area contributed by atoms with Crippen molar-refractivity contribution in [3.8, 4) is 28.7 Å². The van der Waals surface area contributed by atoms with E-state index in [1.807, 2.05) is 48.8 Å². The first-order valence-electron chi connectivity index (χ1n) is 15.7. The van der Waals surface area contributed by atoms with Gasteiger partial charge >= 0.3 is 0 Å². The van der Waals surface area contributed by atoms with Gasteiger partial charge in [0.05, 0.1) is 38.7 Å². The Balaban J connectivity index is 1.14. The van der Waals surface area contributed by atoms with E-state index in [0.29, 0.717) is 5.95 Å². The zero-order valence-corrected chi connectivity index (χ0v) is 25.2. The van der Waals surface area contributed by atoms with E-state index in [1.165, 1.54) is 21.8 Å². The summed E-state index contributed by atoms with van der Waals surface area (Å²) in [5, 5.41) is 4.81. The van der Waals surface area contributed by atoms with Crippen LogP contribution in [-0.2, 0) is 0 Å². The Morgan fingerprint density at radius 3 is 1.60 bits per heavy atom. The zero-order chi connectivity index (χ0) is 30.9. The summed E-state index contributed by atoms with van der Waals surface area (Å²) in [5.41, 5.74) is 9.48. The molecule has 220 valence electrons. The van der Waals surface area contributed by atoms with Gasteiger partial charge in [-0.25, -0.2) is 15.0 Å². The SMILES string of the molecule is c1ccc(-n2c(-c3cnc(-n4c5ccccc5c5cc(-n6c7ccccc7c7ccccc76)ccc54)nc3)nc3ccccc32)cc1. The van der Waals surface area contributed by atoms with Crippen molar-refractivity contribution in [3.63, 3.8) is 0 Å². The van der Waals surface area contributed by atoms with Gasteiger partial charge in [0, 0.05) is 45.3 Å². The summed E-state index contributed by atoms with van der Waals surface area (Å²) >= 11 is 0. The topological polar surface area (TPSA) is 53.5 Å². The normalized spacial score (nSPS) is 11.8. The second-order valence-corrected chi connectivity index (χ2v) is 11.8. The van der Waals surface area contributed by atoms with Crippen molar-refractivity contribution in [2.45, 2.75) is 0 Å². The highest BCUT2D eigenvalue weighted by atomic mass is 15.2. The standard InChI is InChI=1S/C41H26N6/c1-2-12-28(13-3-1)46-39-21-11-7-17-34(39)44-40(46)27-25-42-41(43-26-27)47-37-20-10-6-16-32(37)33-24-29(22-23-38(33)47)45-35-18-8-4-14-30(35)31-15-5-9-19-36(31)45/h1-26H. The molecule has 6 heteroatoms. The minimum Gasteiger partial charge on any atom is -0.309 e. The molecular weight excluding hydrogens is 576 g/mol. The van der Waals surface area contributed by atoms with E-state index in [0.717, 1.165) is 55.6 Å². The summed E-state index contributed by atoms with van der Waals surface area (Å²) in [6, 6.07) is 50.9. The van der Waals surface area contributed by atoms with Gasteiger partial charge in [-0.2, -0.15) is 0 Å². The maximum absolute atomic E-state index is 5.00. The Kier molecular flexibility index (Phi) is 5.48. The number of nitrogens with zero attached hydrogens (tertiary/aromatic N) is 6. The van der Waals surface area contributed by atoms with Crippen molar-refractivity contribution in [2.24, 2.45) is 0 Å². The number of para-hydroxylation sites is 6. The molecule has 10 rings (SSSR count). The Bertz CT molecular complexity index is 2730. The number of hydrogen-bond donors (Lipinski definition) is 0. The van der Waals surface area contributed by atoms with Crippen molar-refractivity contribution >= 4 is 54.6 Å². The molecule has 0 atom stereocenters. The molecule has 0 unspecified atom stereocenters. The highest BCUT2D eigenvalue weighted by molar-refractivity contribution is 6.12. The van der Waals surface area contributed by atoms with E-state index in [9.17, 15) is 0 Å². The van der Waals surface area contributed by atoms with E-state index in [4.69, 9.17) is 15.0 Å². The number of aromatic nitrogens is 6. The lowest BCUT2D eigenvalue weighted by atomic mass is 10.1. The van der Waals surface area contributed by atoms with Crippen LogP contribution in [0.15, 0.2) is 158 Å². The third-order valence-corrected chi connectivity index (χ3v) is 9.17. The van der Waals surface area contributed by atoms with Crippen LogP contribution in [0.5, 0.6) is 0 Å². The van der Waals surface area contributed by atoms with Crippen LogP contribution in [0.1, 0.15) is 0 Å². The number of imidazole rings is 1. The van der Waals surface area contributed by atoms with Gasteiger partial charge in [0.25, 0.3) is 0 Å². The molecule has 0 spiro atoms. The molecule has 10 aromatic rings. The van der Waals surface area contributed by atoms with Crippen LogP contribution in [0, 0.1) is 0 Å². The van der Waals surface area contributed by atoms with E-state index in [2.05, 4.69) is 123 Å². The molecule has 47 heavy (non-hydrogen) atoms. The highest BCUT2D eigenvalue weighted by Gasteiger charge is 2.19. The molecule has 0 fully saturated rings. The molecule has 0 amide bonds. The van der Waals surface area contributed by atoms with Gasteiger partial charge in [0.2, 0.25) is 5.95 Å². The van der Waals surface area contributed by atoms with E-state index in [-0.39, 0.29) is 0 Å². The summed E-state index contributed by atoms with van der Waals surface area (Å²) < 4.78 is 6.69. The Morgan fingerprint density at radius 2 is 0.915 bits per heavy atom. The second-order valence-electron chi connectivity index (χ2n) is 11.8. The van der Waals surface area contributed by atoms with Gasteiger partial charge in [-0.15, -0.1) is 0 Å². The molecule has 6 aromatic carbocycles. The quantitative estimate of drug-likeness (QED) is 0.202. The summed E-state index contributed by atoms with van der Waals surface area (Å²) in [4.78, 5) is 14.9. The fourth-order valence-electron chi connectivity index (χ4n) is 7.13. The lowest BCUT2D eigenvalue weighted by Crippen LogP contribution is -2.03. The summed E-state index contributed by atoms with van der Waals surface area (Å²) in [6.45, 7) is 0. The Labute approximate surface area is 269 Å². The molecule has 0 aliphatic carbocycles. The smallest absolute Gasteiger partial charge is 0.234 e. The van der Waals surface area contributed by atoms with Crippen molar-refractivity contribution in [2.75, 3.05) is 0 Å². The van der Waals surface area contributed by atoms with Crippen molar-refractivity contribution in [1.82, 2.24) is 28.7 Å². The predicted octanol–water partition coefficient (Wildman–Crippen LogP) is 9.68. The maximum atomic E-state index is 5.00. The monoisotopic (exact) mass is 602 g/mol. The molecular formula is C41H26N6. The van der Waals surface area contributed by atoms with Crippen LogP contribution in [0.25, 0.3) is 83.4 Å². The number of benzene rings is 6. The van der Waals surface area contributed by atoms with Gasteiger partial charge in [0.1, 0.15) is 5.82 Å². The van der Waals surface area contributed by atoms with Gasteiger partial charge in [-0.1, -0.05) is 84.9 Å². The van der Waals surface area contributed by atoms with Crippen molar-refractivity contribution < 1.29 is 0 Å². The average Bonchev–Trinajstić information content (AvgIpc) is 3.80. The second kappa shape index (κ2) is 9.99. The van der Waals surface area contributed by atoms with Gasteiger partial charge in [-0.3, -0.25) is 9.13 Å². The first kappa shape index (κ1) is 25.8. The molecule has 0 aliphatic rings. The lowest BCUT2D eigenvalue weighted by Gasteiger charge is -2.11. The van der Waals surface area contributed by atoms with Gasteiger partial charge in [0.15, 0.2) is 0 Å². The predicted molar refractivity (Wildman–Crippen MR) is 191 cm³/mol. The zero-order valence-electron chi connectivity index (χ0n) is 25.2. The number of hydrogen-bond acceptors (Lipinski definition) is 3. The molecule has 0 saturated carbocycles. The molecule has 0 aliphatic heterocycles. The number of fused-ring (bicyclic) bond motifs is 7. The van der Waals surface area contributed by atoms with E-state index >= 15 is 0 Å². The van der Waals surface area contributed by atoms with E-state index in [1.54, 1.807) is 0 Å². The minimum atomic E-state index is 0.618. The van der Waals surface area contributed by atoms with Crippen LogP contribution in [0.2, 0.25) is 0 Å². The molecule has 4 aromatic heterocycles. The average molecular weight is 603 g/mol. The third kappa shape index (κ3) is 3.82. The maximum Gasteiger partial charge on any atom is 0.234 e.